The third-order valence-corrected chi connectivity index (χ3v) is 6.35. The minimum Gasteiger partial charge on any atom is -0.354 e. The third-order valence-electron chi connectivity index (χ3n) is 6.35. The van der Waals surface area contributed by atoms with Crippen LogP contribution in [0.25, 0.3) is 11.2 Å². The van der Waals surface area contributed by atoms with Gasteiger partial charge in [0.15, 0.2) is 17.0 Å². The van der Waals surface area contributed by atoms with Crippen molar-refractivity contribution in [2.75, 3.05) is 31.1 Å². The summed E-state index contributed by atoms with van der Waals surface area (Å²) in [6.07, 6.45) is 8.24. The predicted octanol–water partition coefficient (Wildman–Crippen LogP) is 1.45. The van der Waals surface area contributed by atoms with Gasteiger partial charge < -0.3 is 14.4 Å². The first-order valence-electron chi connectivity index (χ1n) is 9.36. The Morgan fingerprint density at radius 1 is 1.08 bits per heavy atom. The highest BCUT2D eigenvalue weighted by atomic mass is 16.2. The molecule has 0 aromatic carbocycles. The summed E-state index contributed by atoms with van der Waals surface area (Å²) in [6.45, 7) is 3.57. The topological polar surface area (TPSA) is 67.2 Å². The molecule has 2 saturated heterocycles. The smallest absolute Gasteiger partial charge is 0.227 e. The zero-order valence-corrected chi connectivity index (χ0v) is 14.6. The lowest BCUT2D eigenvalue weighted by Gasteiger charge is -2.22. The SMILES string of the molecule is Cn1cnc2c(N3CCC(C(=O)N4CC5CCCC5C4)C3)ncnc21. The molecule has 3 aliphatic rings. The van der Waals surface area contributed by atoms with Crippen LogP contribution in [-0.4, -0.2) is 56.5 Å². The number of aryl methyl sites for hydroxylation is 1. The number of anilines is 1. The van der Waals surface area contributed by atoms with Crippen LogP contribution < -0.4 is 4.90 Å². The fourth-order valence-corrected chi connectivity index (χ4v) is 4.99. The van der Waals surface area contributed by atoms with Crippen LogP contribution in [0.4, 0.5) is 5.82 Å². The van der Waals surface area contributed by atoms with Crippen LogP contribution in [0.1, 0.15) is 25.7 Å². The Labute approximate surface area is 147 Å². The zero-order valence-electron chi connectivity index (χ0n) is 14.6. The number of aromatic nitrogens is 4. The summed E-state index contributed by atoms with van der Waals surface area (Å²) in [5.74, 6) is 2.82. The largest absolute Gasteiger partial charge is 0.354 e. The maximum atomic E-state index is 13.0. The Hall–Kier alpha value is -2.18. The van der Waals surface area contributed by atoms with E-state index in [1.807, 2.05) is 11.6 Å². The van der Waals surface area contributed by atoms with Crippen molar-refractivity contribution in [1.82, 2.24) is 24.4 Å². The highest BCUT2D eigenvalue weighted by Gasteiger charge is 2.41. The molecule has 0 radical (unpaired) electrons. The van der Waals surface area contributed by atoms with E-state index in [4.69, 9.17) is 0 Å². The van der Waals surface area contributed by atoms with Crippen molar-refractivity contribution < 1.29 is 4.79 Å². The van der Waals surface area contributed by atoms with Crippen LogP contribution in [0.5, 0.6) is 0 Å². The lowest BCUT2D eigenvalue weighted by molar-refractivity contribution is -0.134. The van der Waals surface area contributed by atoms with Crippen molar-refractivity contribution in [2.24, 2.45) is 24.8 Å². The first-order chi connectivity index (χ1) is 12.2. The number of carbonyl (C=O) groups is 1. The molecule has 2 aliphatic heterocycles. The van der Waals surface area contributed by atoms with Crippen LogP contribution in [0.3, 0.4) is 0 Å². The number of rotatable bonds is 2. The minimum absolute atomic E-state index is 0.0903. The second-order valence-electron chi connectivity index (χ2n) is 7.85. The van der Waals surface area contributed by atoms with E-state index >= 15 is 0 Å². The van der Waals surface area contributed by atoms with Crippen LogP contribution >= 0.6 is 0 Å². The van der Waals surface area contributed by atoms with Crippen molar-refractivity contribution in [1.29, 1.82) is 0 Å². The molecule has 3 atom stereocenters. The normalized spacial score (nSPS) is 28.9. The number of imidazole rings is 1. The molecular formula is C18H24N6O. The van der Waals surface area contributed by atoms with E-state index in [1.54, 1.807) is 12.7 Å². The minimum atomic E-state index is 0.0903. The number of amides is 1. The molecule has 0 N–H and O–H groups in total. The molecule has 25 heavy (non-hydrogen) atoms. The van der Waals surface area contributed by atoms with Gasteiger partial charge in [0.25, 0.3) is 0 Å². The summed E-state index contributed by atoms with van der Waals surface area (Å²) < 4.78 is 1.90. The van der Waals surface area contributed by atoms with Gasteiger partial charge in [-0.25, -0.2) is 15.0 Å². The Bertz CT molecular complexity index is 805. The van der Waals surface area contributed by atoms with E-state index in [-0.39, 0.29) is 5.92 Å². The van der Waals surface area contributed by atoms with E-state index in [2.05, 4.69) is 24.8 Å². The number of likely N-dealkylation sites (tertiary alicyclic amines) is 1. The maximum Gasteiger partial charge on any atom is 0.227 e. The van der Waals surface area contributed by atoms with Gasteiger partial charge in [-0.05, 0) is 31.1 Å². The molecule has 2 aromatic heterocycles. The van der Waals surface area contributed by atoms with Gasteiger partial charge in [-0.3, -0.25) is 4.79 Å². The lowest BCUT2D eigenvalue weighted by Crippen LogP contribution is -2.36. The highest BCUT2D eigenvalue weighted by Crippen LogP contribution is 2.39. The molecule has 0 spiro atoms. The van der Waals surface area contributed by atoms with E-state index in [9.17, 15) is 4.79 Å². The first kappa shape index (κ1) is 15.1. The van der Waals surface area contributed by atoms with Crippen LogP contribution in [0.15, 0.2) is 12.7 Å². The van der Waals surface area contributed by atoms with Crippen molar-refractivity contribution >= 4 is 22.9 Å². The van der Waals surface area contributed by atoms with E-state index in [1.165, 1.54) is 19.3 Å². The van der Waals surface area contributed by atoms with Gasteiger partial charge in [-0.2, -0.15) is 0 Å². The van der Waals surface area contributed by atoms with Crippen molar-refractivity contribution in [3.8, 4) is 0 Å². The monoisotopic (exact) mass is 340 g/mol. The van der Waals surface area contributed by atoms with Crippen LogP contribution in [-0.2, 0) is 11.8 Å². The molecule has 3 fully saturated rings. The number of hydrogen-bond acceptors (Lipinski definition) is 5. The number of nitrogens with zero attached hydrogens (tertiary/aromatic N) is 6. The molecule has 0 bridgehead atoms. The molecule has 4 heterocycles. The average Bonchev–Trinajstić information content (AvgIpc) is 3.37. The van der Waals surface area contributed by atoms with Gasteiger partial charge in [0, 0.05) is 33.2 Å². The molecule has 7 heteroatoms. The fraction of sp³-hybridized carbons (Fsp3) is 0.667. The van der Waals surface area contributed by atoms with Crippen LogP contribution in [0, 0.1) is 17.8 Å². The second kappa shape index (κ2) is 5.68. The lowest BCUT2D eigenvalue weighted by atomic mass is 10.0. The molecule has 1 aliphatic carbocycles. The summed E-state index contributed by atoms with van der Waals surface area (Å²) in [6, 6.07) is 0. The Morgan fingerprint density at radius 2 is 1.88 bits per heavy atom. The number of fused-ring (bicyclic) bond motifs is 2. The Morgan fingerprint density at radius 3 is 2.68 bits per heavy atom. The van der Waals surface area contributed by atoms with Crippen LogP contribution in [0.2, 0.25) is 0 Å². The van der Waals surface area contributed by atoms with Gasteiger partial charge in [-0.1, -0.05) is 6.42 Å². The van der Waals surface area contributed by atoms with E-state index < -0.39 is 0 Å². The summed E-state index contributed by atoms with van der Waals surface area (Å²) in [7, 11) is 1.94. The maximum absolute atomic E-state index is 13.0. The van der Waals surface area contributed by atoms with Crippen molar-refractivity contribution in [2.45, 2.75) is 25.7 Å². The highest BCUT2D eigenvalue weighted by molar-refractivity contribution is 5.85. The first-order valence-corrected chi connectivity index (χ1v) is 9.36. The standard InChI is InChI=1S/C18H24N6O/c1-22-11-21-15-16(22)19-10-20-17(15)23-6-5-14(9-23)18(25)24-7-12-3-2-4-13(12)8-24/h10-14H,2-9H2,1H3. The van der Waals surface area contributed by atoms with E-state index in [0.717, 1.165) is 61.4 Å². The third kappa shape index (κ3) is 2.40. The molecule has 1 saturated carbocycles. The molecule has 1 amide bonds. The quantitative estimate of drug-likeness (QED) is 0.828. The summed E-state index contributed by atoms with van der Waals surface area (Å²) in [4.78, 5) is 30.5. The molecule has 2 aromatic rings. The number of hydrogen-bond donors (Lipinski definition) is 0. The molecule has 132 valence electrons. The summed E-state index contributed by atoms with van der Waals surface area (Å²) in [5.41, 5.74) is 1.67. The van der Waals surface area contributed by atoms with Crippen molar-refractivity contribution in [3.05, 3.63) is 12.7 Å². The van der Waals surface area contributed by atoms with Gasteiger partial charge in [0.1, 0.15) is 6.33 Å². The second-order valence-corrected chi connectivity index (χ2v) is 7.85. The molecule has 5 rings (SSSR count). The predicted molar refractivity (Wildman–Crippen MR) is 94.0 cm³/mol. The van der Waals surface area contributed by atoms with Gasteiger partial charge in [0.05, 0.1) is 12.2 Å². The van der Waals surface area contributed by atoms with Gasteiger partial charge in [0.2, 0.25) is 5.91 Å². The van der Waals surface area contributed by atoms with E-state index in [0.29, 0.717) is 5.91 Å². The Kier molecular flexibility index (Phi) is 3.43. The number of carbonyl (C=O) groups excluding carboxylic acids is 1. The van der Waals surface area contributed by atoms with Gasteiger partial charge >= 0.3 is 0 Å². The fourth-order valence-electron chi connectivity index (χ4n) is 4.99. The molecular weight excluding hydrogens is 316 g/mol. The Balaban J connectivity index is 1.32. The summed E-state index contributed by atoms with van der Waals surface area (Å²) >= 11 is 0. The average molecular weight is 340 g/mol. The zero-order chi connectivity index (χ0) is 17.0. The van der Waals surface area contributed by atoms with Crippen molar-refractivity contribution in [3.63, 3.8) is 0 Å². The van der Waals surface area contributed by atoms with Gasteiger partial charge in [-0.15, -0.1) is 0 Å². The molecule has 3 unspecified atom stereocenters. The molecule has 7 nitrogen and oxygen atoms in total. The summed E-state index contributed by atoms with van der Waals surface area (Å²) in [5, 5.41) is 0.